The second kappa shape index (κ2) is 6.67. The van der Waals surface area contributed by atoms with Crippen molar-refractivity contribution in [3.05, 3.63) is 46.3 Å². The number of aryl methyl sites for hydroxylation is 3. The average molecular weight is 326 g/mol. The summed E-state index contributed by atoms with van der Waals surface area (Å²) < 4.78 is 0. The van der Waals surface area contributed by atoms with Crippen molar-refractivity contribution in [2.75, 3.05) is 31.1 Å². The van der Waals surface area contributed by atoms with E-state index in [0.717, 1.165) is 43.1 Å². The fourth-order valence-corrected chi connectivity index (χ4v) is 3.37. The molecule has 0 unspecified atom stereocenters. The first-order valence-electron chi connectivity index (χ1n) is 8.56. The van der Waals surface area contributed by atoms with E-state index in [1.807, 2.05) is 18.7 Å². The number of nitrogens with zero attached hydrogens (tertiary/aromatic N) is 3. The van der Waals surface area contributed by atoms with Gasteiger partial charge in [-0.2, -0.15) is 5.10 Å². The van der Waals surface area contributed by atoms with E-state index in [9.17, 15) is 4.79 Å². The van der Waals surface area contributed by atoms with Crippen molar-refractivity contribution in [1.82, 2.24) is 15.1 Å². The van der Waals surface area contributed by atoms with Crippen LogP contribution in [0.15, 0.2) is 18.2 Å². The third-order valence-electron chi connectivity index (χ3n) is 5.16. The Kier molecular flexibility index (Phi) is 4.60. The topological polar surface area (TPSA) is 52.2 Å². The standard InChI is InChI=1S/C19H26N4O/c1-13-6-5-7-18(14(13)2)22-8-10-23(11-9-22)19(24)12-17-15(3)20-21-16(17)4/h5-7H,8-12H2,1-4H3,(H,20,21). The molecule has 0 spiro atoms. The third kappa shape index (κ3) is 3.16. The van der Waals surface area contributed by atoms with Gasteiger partial charge in [0.05, 0.1) is 12.1 Å². The van der Waals surface area contributed by atoms with Gasteiger partial charge < -0.3 is 9.80 Å². The number of hydrogen-bond donors (Lipinski definition) is 1. The fourth-order valence-electron chi connectivity index (χ4n) is 3.37. The van der Waals surface area contributed by atoms with Crippen molar-refractivity contribution < 1.29 is 4.79 Å². The summed E-state index contributed by atoms with van der Waals surface area (Å²) >= 11 is 0. The van der Waals surface area contributed by atoms with Gasteiger partial charge in [0, 0.05) is 43.1 Å². The average Bonchev–Trinajstić information content (AvgIpc) is 2.89. The minimum absolute atomic E-state index is 0.197. The smallest absolute Gasteiger partial charge is 0.227 e. The molecule has 1 N–H and O–H groups in total. The number of anilines is 1. The second-order valence-corrected chi connectivity index (χ2v) is 6.68. The van der Waals surface area contributed by atoms with Crippen LogP contribution in [0.2, 0.25) is 0 Å². The molecule has 128 valence electrons. The molecule has 1 aliphatic rings. The number of hydrogen-bond acceptors (Lipinski definition) is 3. The van der Waals surface area contributed by atoms with E-state index < -0.39 is 0 Å². The highest BCUT2D eigenvalue weighted by atomic mass is 16.2. The zero-order valence-electron chi connectivity index (χ0n) is 15.0. The first kappa shape index (κ1) is 16.6. The van der Waals surface area contributed by atoms with Crippen LogP contribution in [0, 0.1) is 27.7 Å². The highest BCUT2D eigenvalue weighted by Gasteiger charge is 2.23. The molecule has 1 saturated heterocycles. The number of carbonyl (C=O) groups is 1. The SMILES string of the molecule is Cc1cccc(N2CCN(C(=O)Cc3c(C)n[nH]c3C)CC2)c1C. The number of H-pyrrole nitrogens is 1. The van der Waals surface area contributed by atoms with E-state index in [1.165, 1.54) is 16.8 Å². The largest absolute Gasteiger partial charge is 0.368 e. The molecule has 5 heteroatoms. The predicted molar refractivity (Wildman–Crippen MR) is 96.5 cm³/mol. The van der Waals surface area contributed by atoms with Gasteiger partial charge in [-0.05, 0) is 44.9 Å². The number of amides is 1. The summed E-state index contributed by atoms with van der Waals surface area (Å²) in [7, 11) is 0. The zero-order chi connectivity index (χ0) is 17.3. The van der Waals surface area contributed by atoms with Gasteiger partial charge in [-0.15, -0.1) is 0 Å². The molecular weight excluding hydrogens is 300 g/mol. The van der Waals surface area contributed by atoms with Crippen LogP contribution < -0.4 is 4.90 Å². The Balaban J connectivity index is 1.63. The Morgan fingerprint density at radius 3 is 2.46 bits per heavy atom. The molecule has 0 aliphatic carbocycles. The van der Waals surface area contributed by atoms with Crippen LogP contribution in [0.4, 0.5) is 5.69 Å². The molecule has 0 radical (unpaired) electrons. The molecule has 3 rings (SSSR count). The van der Waals surface area contributed by atoms with E-state index in [2.05, 4.69) is 47.1 Å². The van der Waals surface area contributed by atoms with Crippen LogP contribution in [0.5, 0.6) is 0 Å². The lowest BCUT2D eigenvalue weighted by atomic mass is 10.1. The van der Waals surface area contributed by atoms with E-state index in [1.54, 1.807) is 0 Å². The molecule has 1 aromatic heterocycles. The summed E-state index contributed by atoms with van der Waals surface area (Å²) in [5.74, 6) is 0.197. The Morgan fingerprint density at radius 2 is 1.83 bits per heavy atom. The van der Waals surface area contributed by atoms with Crippen LogP contribution in [0.3, 0.4) is 0 Å². The van der Waals surface area contributed by atoms with Crippen LogP contribution in [0.25, 0.3) is 0 Å². The maximum absolute atomic E-state index is 12.6. The normalized spacial score (nSPS) is 15.0. The molecule has 1 aromatic carbocycles. The van der Waals surface area contributed by atoms with Crippen molar-refractivity contribution in [2.24, 2.45) is 0 Å². The van der Waals surface area contributed by atoms with E-state index in [0.29, 0.717) is 6.42 Å². The minimum atomic E-state index is 0.197. The molecule has 2 heterocycles. The van der Waals surface area contributed by atoms with Gasteiger partial charge in [-0.1, -0.05) is 12.1 Å². The maximum Gasteiger partial charge on any atom is 0.227 e. The molecule has 1 aliphatic heterocycles. The van der Waals surface area contributed by atoms with Gasteiger partial charge in [0.25, 0.3) is 0 Å². The Bertz CT molecular complexity index is 722. The molecular formula is C19H26N4O. The van der Waals surface area contributed by atoms with Gasteiger partial charge in [0.15, 0.2) is 0 Å². The van der Waals surface area contributed by atoms with Gasteiger partial charge in [0.2, 0.25) is 5.91 Å². The number of piperazine rings is 1. The van der Waals surface area contributed by atoms with E-state index >= 15 is 0 Å². The van der Waals surface area contributed by atoms with Crippen molar-refractivity contribution in [3.63, 3.8) is 0 Å². The summed E-state index contributed by atoms with van der Waals surface area (Å²) in [6.45, 7) is 11.6. The molecule has 1 amide bonds. The lowest BCUT2D eigenvalue weighted by molar-refractivity contribution is -0.130. The Morgan fingerprint density at radius 1 is 1.12 bits per heavy atom. The van der Waals surface area contributed by atoms with Crippen molar-refractivity contribution >= 4 is 11.6 Å². The molecule has 0 atom stereocenters. The van der Waals surface area contributed by atoms with Crippen molar-refractivity contribution in [3.8, 4) is 0 Å². The first-order chi connectivity index (χ1) is 11.5. The highest BCUT2D eigenvalue weighted by Crippen LogP contribution is 2.24. The van der Waals surface area contributed by atoms with E-state index in [-0.39, 0.29) is 5.91 Å². The van der Waals surface area contributed by atoms with Crippen LogP contribution in [0.1, 0.15) is 28.1 Å². The van der Waals surface area contributed by atoms with Crippen LogP contribution >= 0.6 is 0 Å². The molecule has 5 nitrogen and oxygen atoms in total. The quantitative estimate of drug-likeness (QED) is 0.943. The Hall–Kier alpha value is -2.30. The molecule has 1 fully saturated rings. The number of nitrogens with one attached hydrogen (secondary N) is 1. The first-order valence-corrected chi connectivity index (χ1v) is 8.56. The minimum Gasteiger partial charge on any atom is -0.368 e. The summed E-state index contributed by atoms with van der Waals surface area (Å²) in [6.07, 6.45) is 0.442. The van der Waals surface area contributed by atoms with Gasteiger partial charge in [-0.25, -0.2) is 0 Å². The predicted octanol–water partition coefficient (Wildman–Crippen LogP) is 2.53. The number of carbonyl (C=O) groups excluding carboxylic acids is 1. The van der Waals surface area contributed by atoms with Crippen molar-refractivity contribution in [2.45, 2.75) is 34.1 Å². The van der Waals surface area contributed by atoms with Gasteiger partial charge in [-0.3, -0.25) is 9.89 Å². The molecule has 0 bridgehead atoms. The fraction of sp³-hybridized carbons (Fsp3) is 0.474. The number of aromatic nitrogens is 2. The summed E-state index contributed by atoms with van der Waals surface area (Å²) in [5, 5.41) is 7.14. The van der Waals surface area contributed by atoms with Crippen LogP contribution in [-0.2, 0) is 11.2 Å². The third-order valence-corrected chi connectivity index (χ3v) is 5.16. The lowest BCUT2D eigenvalue weighted by Crippen LogP contribution is -2.49. The number of benzene rings is 1. The molecule has 2 aromatic rings. The van der Waals surface area contributed by atoms with E-state index in [4.69, 9.17) is 0 Å². The summed E-state index contributed by atoms with van der Waals surface area (Å²) in [4.78, 5) is 17.0. The second-order valence-electron chi connectivity index (χ2n) is 6.68. The summed E-state index contributed by atoms with van der Waals surface area (Å²) in [5.41, 5.74) is 6.91. The van der Waals surface area contributed by atoms with Gasteiger partial charge >= 0.3 is 0 Å². The number of rotatable bonds is 3. The van der Waals surface area contributed by atoms with Crippen LogP contribution in [-0.4, -0.2) is 47.2 Å². The monoisotopic (exact) mass is 326 g/mol. The summed E-state index contributed by atoms with van der Waals surface area (Å²) in [6, 6.07) is 6.44. The highest BCUT2D eigenvalue weighted by molar-refractivity contribution is 5.79. The lowest BCUT2D eigenvalue weighted by Gasteiger charge is -2.37. The van der Waals surface area contributed by atoms with Crippen molar-refractivity contribution in [1.29, 1.82) is 0 Å². The maximum atomic E-state index is 12.6. The molecule has 24 heavy (non-hydrogen) atoms. The zero-order valence-corrected chi connectivity index (χ0v) is 15.0. The molecule has 0 saturated carbocycles. The number of aromatic amines is 1. The van der Waals surface area contributed by atoms with Gasteiger partial charge in [0.1, 0.15) is 0 Å². The Labute approximate surface area is 143 Å².